The highest BCUT2D eigenvalue weighted by Gasteiger charge is 1.93. The van der Waals surface area contributed by atoms with Crippen molar-refractivity contribution >= 4 is 11.8 Å². The van der Waals surface area contributed by atoms with E-state index in [-0.39, 0.29) is 6.61 Å². The summed E-state index contributed by atoms with van der Waals surface area (Å²) in [5, 5.41) is 8.84. The molecule has 0 aliphatic rings. The summed E-state index contributed by atoms with van der Waals surface area (Å²) >= 11 is 1.60. The first-order chi connectivity index (χ1) is 5.86. The van der Waals surface area contributed by atoms with Gasteiger partial charge in [0.2, 0.25) is 0 Å². The quantitative estimate of drug-likeness (QED) is 0.563. The molecule has 1 rings (SSSR count). The van der Waals surface area contributed by atoms with Crippen molar-refractivity contribution in [3.63, 3.8) is 0 Å². The summed E-state index contributed by atoms with van der Waals surface area (Å²) in [5.41, 5.74) is 0.928. The van der Waals surface area contributed by atoms with Crippen LogP contribution >= 0.6 is 11.8 Å². The molecule has 1 aromatic rings. The van der Waals surface area contributed by atoms with E-state index in [1.807, 2.05) is 24.3 Å². The van der Waals surface area contributed by atoms with E-state index in [0.29, 0.717) is 5.75 Å². The molecule has 0 unspecified atom stereocenters. The second kappa shape index (κ2) is 4.87. The Morgan fingerprint density at radius 3 is 3.00 bits per heavy atom. The van der Waals surface area contributed by atoms with E-state index >= 15 is 0 Å². The molecule has 2 heteroatoms. The van der Waals surface area contributed by atoms with Crippen LogP contribution in [0, 0.1) is 12.3 Å². The van der Waals surface area contributed by atoms with Gasteiger partial charge in [0.25, 0.3) is 0 Å². The van der Waals surface area contributed by atoms with Gasteiger partial charge in [-0.15, -0.1) is 18.2 Å². The molecule has 0 radical (unpaired) electrons. The Morgan fingerprint density at radius 1 is 1.50 bits per heavy atom. The molecule has 1 nitrogen and oxygen atoms in total. The maximum absolute atomic E-state index is 8.84. The Balaban J connectivity index is 2.67. The van der Waals surface area contributed by atoms with E-state index in [9.17, 15) is 0 Å². The van der Waals surface area contributed by atoms with Crippen molar-refractivity contribution < 1.29 is 5.11 Å². The minimum atomic E-state index is 0.0878. The Morgan fingerprint density at radius 2 is 2.33 bits per heavy atom. The van der Waals surface area contributed by atoms with E-state index in [2.05, 4.69) is 5.92 Å². The van der Waals surface area contributed by atoms with Crippen molar-refractivity contribution in [3.05, 3.63) is 29.8 Å². The summed E-state index contributed by atoms with van der Waals surface area (Å²) in [6.45, 7) is 0.0878. The lowest BCUT2D eigenvalue weighted by Gasteiger charge is -1.99. The van der Waals surface area contributed by atoms with Crippen molar-refractivity contribution in [2.45, 2.75) is 11.5 Å². The highest BCUT2D eigenvalue weighted by molar-refractivity contribution is 7.99. The third-order valence-electron chi connectivity index (χ3n) is 1.40. The van der Waals surface area contributed by atoms with Gasteiger partial charge < -0.3 is 5.11 Å². The SMILES string of the molecule is C#CCSc1cccc(CO)c1. The molecule has 0 aromatic heterocycles. The minimum Gasteiger partial charge on any atom is -0.392 e. The predicted octanol–water partition coefficient (Wildman–Crippen LogP) is 1.90. The number of rotatable bonds is 3. The van der Waals surface area contributed by atoms with Gasteiger partial charge >= 0.3 is 0 Å². The smallest absolute Gasteiger partial charge is 0.0682 e. The van der Waals surface area contributed by atoms with Gasteiger partial charge in [-0.05, 0) is 17.7 Å². The van der Waals surface area contributed by atoms with Gasteiger partial charge in [-0.25, -0.2) is 0 Å². The lowest BCUT2D eigenvalue weighted by atomic mass is 10.2. The molecule has 0 saturated carbocycles. The Labute approximate surface area is 76.8 Å². The number of aliphatic hydroxyl groups is 1. The molecule has 0 spiro atoms. The average molecular weight is 178 g/mol. The van der Waals surface area contributed by atoms with Crippen LogP contribution in [0.2, 0.25) is 0 Å². The number of hydrogen-bond acceptors (Lipinski definition) is 2. The first-order valence-electron chi connectivity index (χ1n) is 3.63. The first kappa shape index (κ1) is 9.18. The van der Waals surface area contributed by atoms with E-state index in [4.69, 9.17) is 11.5 Å². The number of aliphatic hydroxyl groups excluding tert-OH is 1. The van der Waals surface area contributed by atoms with Crippen molar-refractivity contribution in [1.29, 1.82) is 0 Å². The molecule has 0 aliphatic carbocycles. The molecule has 0 bridgehead atoms. The number of thioether (sulfide) groups is 1. The molecule has 12 heavy (non-hydrogen) atoms. The Bertz CT molecular complexity index is 288. The third-order valence-corrected chi connectivity index (χ3v) is 2.30. The van der Waals surface area contributed by atoms with Crippen LogP contribution in [0.5, 0.6) is 0 Å². The molecule has 0 saturated heterocycles. The molecule has 0 atom stereocenters. The molecule has 0 amide bonds. The zero-order valence-corrected chi connectivity index (χ0v) is 7.47. The van der Waals surface area contributed by atoms with E-state index < -0.39 is 0 Å². The summed E-state index contributed by atoms with van der Waals surface area (Å²) in [7, 11) is 0. The lowest BCUT2D eigenvalue weighted by Crippen LogP contribution is -1.82. The average Bonchev–Trinajstić information content (AvgIpc) is 2.15. The maximum Gasteiger partial charge on any atom is 0.0682 e. The highest BCUT2D eigenvalue weighted by atomic mass is 32.2. The van der Waals surface area contributed by atoms with Gasteiger partial charge in [-0.1, -0.05) is 18.1 Å². The van der Waals surface area contributed by atoms with Gasteiger partial charge in [0.15, 0.2) is 0 Å². The summed E-state index contributed by atoms with van der Waals surface area (Å²) in [6.07, 6.45) is 5.13. The Kier molecular flexibility index (Phi) is 3.72. The maximum atomic E-state index is 8.84. The number of terminal acetylenes is 1. The summed E-state index contributed by atoms with van der Waals surface area (Å²) in [4.78, 5) is 1.11. The van der Waals surface area contributed by atoms with E-state index in [0.717, 1.165) is 10.5 Å². The molecule has 1 aromatic carbocycles. The molecular weight excluding hydrogens is 168 g/mol. The molecule has 62 valence electrons. The van der Waals surface area contributed by atoms with Crippen molar-refractivity contribution in [3.8, 4) is 12.3 Å². The van der Waals surface area contributed by atoms with Gasteiger partial charge in [-0.2, -0.15) is 0 Å². The number of benzene rings is 1. The van der Waals surface area contributed by atoms with E-state index in [1.165, 1.54) is 0 Å². The van der Waals surface area contributed by atoms with Crippen LogP contribution in [0.25, 0.3) is 0 Å². The monoisotopic (exact) mass is 178 g/mol. The normalized spacial score (nSPS) is 9.33. The Hall–Kier alpha value is -0.910. The molecule has 0 fully saturated rings. The summed E-state index contributed by atoms with van der Waals surface area (Å²) in [5.74, 6) is 3.23. The van der Waals surface area contributed by atoms with Crippen LogP contribution in [-0.2, 0) is 6.61 Å². The van der Waals surface area contributed by atoms with E-state index in [1.54, 1.807) is 11.8 Å². The van der Waals surface area contributed by atoms with Gasteiger partial charge in [0, 0.05) is 4.90 Å². The second-order valence-electron chi connectivity index (χ2n) is 2.30. The fourth-order valence-corrected chi connectivity index (χ4v) is 1.52. The molecule has 0 aliphatic heterocycles. The second-order valence-corrected chi connectivity index (χ2v) is 3.35. The zero-order valence-electron chi connectivity index (χ0n) is 6.66. The third kappa shape index (κ3) is 2.61. The zero-order chi connectivity index (χ0) is 8.81. The van der Waals surface area contributed by atoms with Crippen molar-refractivity contribution in [1.82, 2.24) is 0 Å². The van der Waals surface area contributed by atoms with Crippen molar-refractivity contribution in [2.24, 2.45) is 0 Å². The topological polar surface area (TPSA) is 20.2 Å². The van der Waals surface area contributed by atoms with Crippen LogP contribution in [0.4, 0.5) is 0 Å². The van der Waals surface area contributed by atoms with Crippen LogP contribution in [0.1, 0.15) is 5.56 Å². The number of hydrogen-bond donors (Lipinski definition) is 1. The highest BCUT2D eigenvalue weighted by Crippen LogP contribution is 2.18. The van der Waals surface area contributed by atoms with Gasteiger partial charge in [0.05, 0.1) is 12.4 Å². The standard InChI is InChI=1S/C10H10OS/c1-2-6-12-10-5-3-4-9(7-10)8-11/h1,3-5,7,11H,6,8H2. The largest absolute Gasteiger partial charge is 0.392 e. The van der Waals surface area contributed by atoms with Crippen LogP contribution < -0.4 is 0 Å². The summed E-state index contributed by atoms with van der Waals surface area (Å²) < 4.78 is 0. The molecule has 1 N–H and O–H groups in total. The summed E-state index contributed by atoms with van der Waals surface area (Å²) in [6, 6.07) is 7.74. The fraction of sp³-hybridized carbons (Fsp3) is 0.200. The fourth-order valence-electron chi connectivity index (χ4n) is 0.859. The first-order valence-corrected chi connectivity index (χ1v) is 4.61. The van der Waals surface area contributed by atoms with Crippen LogP contribution in [0.3, 0.4) is 0 Å². The minimum absolute atomic E-state index is 0.0878. The van der Waals surface area contributed by atoms with Crippen LogP contribution in [0.15, 0.2) is 29.2 Å². The van der Waals surface area contributed by atoms with Crippen molar-refractivity contribution in [2.75, 3.05) is 5.75 Å². The van der Waals surface area contributed by atoms with Gasteiger partial charge in [0.1, 0.15) is 0 Å². The predicted molar refractivity (Wildman–Crippen MR) is 51.9 cm³/mol. The molecule has 0 heterocycles. The van der Waals surface area contributed by atoms with Crippen LogP contribution in [-0.4, -0.2) is 10.9 Å². The lowest BCUT2D eigenvalue weighted by molar-refractivity contribution is 0.281. The van der Waals surface area contributed by atoms with Gasteiger partial charge in [-0.3, -0.25) is 0 Å². The molecular formula is C10H10OS.